The number of carboxylic acids is 1. The molecule has 0 aromatic carbocycles. The lowest BCUT2D eigenvalue weighted by molar-refractivity contribution is -0.158. The molecule has 15 heavy (non-hydrogen) atoms. The predicted molar refractivity (Wildman–Crippen MR) is 56.6 cm³/mol. The second kappa shape index (κ2) is 4.12. The first kappa shape index (κ1) is 10.9. The number of aliphatic carboxylic acids is 1. The minimum absolute atomic E-state index is 0.332. The summed E-state index contributed by atoms with van der Waals surface area (Å²) in [5, 5.41) is 9.55. The van der Waals surface area contributed by atoms with Crippen molar-refractivity contribution in [1.82, 2.24) is 0 Å². The molecule has 0 amide bonds. The monoisotopic (exact) mass is 212 g/mol. The van der Waals surface area contributed by atoms with Crippen LogP contribution in [0, 0.1) is 17.3 Å². The molecule has 2 rings (SSSR count). The highest BCUT2D eigenvalue weighted by Gasteiger charge is 2.52. The van der Waals surface area contributed by atoms with E-state index in [1.54, 1.807) is 0 Å². The van der Waals surface area contributed by atoms with E-state index < -0.39 is 11.4 Å². The third-order valence-corrected chi connectivity index (χ3v) is 4.45. The molecule has 2 fully saturated rings. The average Bonchev–Trinajstić information content (AvgIpc) is 2.62. The highest BCUT2D eigenvalue weighted by atomic mass is 16.5. The molecule has 0 aromatic heterocycles. The van der Waals surface area contributed by atoms with Gasteiger partial charge in [-0.1, -0.05) is 13.3 Å². The Morgan fingerprint density at radius 2 is 2.00 bits per heavy atom. The topological polar surface area (TPSA) is 46.5 Å². The summed E-state index contributed by atoms with van der Waals surface area (Å²) in [5.74, 6) is 0.0961. The molecule has 1 aliphatic carbocycles. The lowest BCUT2D eigenvalue weighted by Gasteiger charge is -2.39. The molecule has 0 spiro atoms. The summed E-state index contributed by atoms with van der Waals surface area (Å²) < 4.78 is 5.33. The molecule has 0 aromatic rings. The summed E-state index contributed by atoms with van der Waals surface area (Å²) in [6.45, 7) is 3.59. The largest absolute Gasteiger partial charge is 0.481 e. The molecule has 0 bridgehead atoms. The first-order valence-electron chi connectivity index (χ1n) is 5.99. The van der Waals surface area contributed by atoms with Gasteiger partial charge >= 0.3 is 5.97 Å². The van der Waals surface area contributed by atoms with Crippen molar-refractivity contribution in [3.8, 4) is 0 Å². The van der Waals surface area contributed by atoms with Crippen molar-refractivity contribution in [3.63, 3.8) is 0 Å². The smallest absolute Gasteiger partial charge is 0.310 e. The van der Waals surface area contributed by atoms with Crippen LogP contribution in [0.25, 0.3) is 0 Å². The van der Waals surface area contributed by atoms with Crippen molar-refractivity contribution in [2.75, 3.05) is 13.2 Å². The van der Waals surface area contributed by atoms with E-state index in [1.165, 1.54) is 0 Å². The van der Waals surface area contributed by atoms with Crippen LogP contribution in [0.4, 0.5) is 0 Å². The van der Waals surface area contributed by atoms with Gasteiger partial charge < -0.3 is 9.84 Å². The van der Waals surface area contributed by atoms with Crippen molar-refractivity contribution in [3.05, 3.63) is 0 Å². The summed E-state index contributed by atoms with van der Waals surface area (Å²) in [7, 11) is 0. The fourth-order valence-corrected chi connectivity index (χ4v) is 3.52. The zero-order valence-electron chi connectivity index (χ0n) is 9.37. The van der Waals surface area contributed by atoms with Crippen molar-refractivity contribution in [1.29, 1.82) is 0 Å². The van der Waals surface area contributed by atoms with Gasteiger partial charge in [0.15, 0.2) is 0 Å². The number of ether oxygens (including phenoxy) is 1. The summed E-state index contributed by atoms with van der Waals surface area (Å²) in [6, 6.07) is 0. The van der Waals surface area contributed by atoms with E-state index in [1.807, 2.05) is 0 Å². The van der Waals surface area contributed by atoms with Crippen molar-refractivity contribution >= 4 is 5.97 Å². The van der Waals surface area contributed by atoms with Crippen LogP contribution in [0.15, 0.2) is 0 Å². The number of hydrogen-bond acceptors (Lipinski definition) is 2. The molecule has 2 atom stereocenters. The van der Waals surface area contributed by atoms with E-state index in [0.29, 0.717) is 11.8 Å². The van der Waals surface area contributed by atoms with E-state index >= 15 is 0 Å². The Labute approximate surface area is 90.8 Å². The van der Waals surface area contributed by atoms with Crippen LogP contribution < -0.4 is 0 Å². The molecule has 1 aliphatic heterocycles. The molecule has 2 aliphatic rings. The van der Waals surface area contributed by atoms with E-state index in [4.69, 9.17) is 4.74 Å². The minimum Gasteiger partial charge on any atom is -0.481 e. The first-order valence-corrected chi connectivity index (χ1v) is 5.99. The van der Waals surface area contributed by atoms with Crippen molar-refractivity contribution in [2.24, 2.45) is 17.3 Å². The van der Waals surface area contributed by atoms with E-state index in [-0.39, 0.29) is 0 Å². The van der Waals surface area contributed by atoms with Gasteiger partial charge in [0, 0.05) is 13.2 Å². The zero-order chi connectivity index (χ0) is 10.9. The van der Waals surface area contributed by atoms with Gasteiger partial charge in [-0.15, -0.1) is 0 Å². The Bertz CT molecular complexity index is 245. The van der Waals surface area contributed by atoms with Gasteiger partial charge in [-0.3, -0.25) is 4.79 Å². The molecular formula is C12H20O3. The standard InChI is InChI=1S/C12H20O3/c1-9-3-2-6-12(9,11(13)14)10-4-7-15-8-5-10/h9-10H,2-8H2,1H3,(H,13,14). The molecule has 1 saturated carbocycles. The lowest BCUT2D eigenvalue weighted by Crippen LogP contribution is -2.43. The number of carbonyl (C=O) groups is 1. The molecule has 1 heterocycles. The fraction of sp³-hybridized carbons (Fsp3) is 0.917. The van der Waals surface area contributed by atoms with Gasteiger partial charge in [0.1, 0.15) is 0 Å². The lowest BCUT2D eigenvalue weighted by atomic mass is 9.66. The SMILES string of the molecule is CC1CCCC1(C(=O)O)C1CCOCC1. The second-order valence-corrected chi connectivity index (χ2v) is 5.03. The molecule has 3 nitrogen and oxygen atoms in total. The van der Waals surface area contributed by atoms with Gasteiger partial charge in [0.2, 0.25) is 0 Å². The van der Waals surface area contributed by atoms with Gasteiger partial charge in [0.25, 0.3) is 0 Å². The molecular weight excluding hydrogens is 192 g/mol. The molecule has 1 N–H and O–H groups in total. The Balaban J connectivity index is 2.21. The first-order chi connectivity index (χ1) is 7.18. The van der Waals surface area contributed by atoms with Crippen molar-refractivity contribution in [2.45, 2.75) is 39.0 Å². The van der Waals surface area contributed by atoms with Gasteiger partial charge in [0.05, 0.1) is 5.41 Å². The Morgan fingerprint density at radius 1 is 1.33 bits per heavy atom. The number of hydrogen-bond donors (Lipinski definition) is 1. The summed E-state index contributed by atoms with van der Waals surface area (Å²) in [6.07, 6.45) is 4.87. The van der Waals surface area contributed by atoms with Crippen LogP contribution in [-0.4, -0.2) is 24.3 Å². The quantitative estimate of drug-likeness (QED) is 0.764. The maximum Gasteiger partial charge on any atom is 0.310 e. The number of carboxylic acid groups (broad SMARTS) is 1. The van der Waals surface area contributed by atoms with Crippen LogP contribution in [-0.2, 0) is 9.53 Å². The van der Waals surface area contributed by atoms with Gasteiger partial charge in [-0.25, -0.2) is 0 Å². The van der Waals surface area contributed by atoms with Gasteiger partial charge in [-0.2, -0.15) is 0 Å². The van der Waals surface area contributed by atoms with Gasteiger partial charge in [-0.05, 0) is 37.5 Å². The van der Waals surface area contributed by atoms with Crippen LogP contribution in [0.5, 0.6) is 0 Å². The minimum atomic E-state index is -0.570. The molecule has 1 saturated heterocycles. The summed E-state index contributed by atoms with van der Waals surface area (Å²) in [4.78, 5) is 11.6. The van der Waals surface area contributed by atoms with Crippen LogP contribution in [0.3, 0.4) is 0 Å². The predicted octanol–water partition coefficient (Wildman–Crippen LogP) is 2.30. The zero-order valence-corrected chi connectivity index (χ0v) is 9.37. The number of rotatable bonds is 2. The Hall–Kier alpha value is -0.570. The van der Waals surface area contributed by atoms with Crippen molar-refractivity contribution < 1.29 is 14.6 Å². The molecule has 0 radical (unpaired) electrons. The van der Waals surface area contributed by atoms with Crippen LogP contribution in [0.2, 0.25) is 0 Å². The molecule has 3 heteroatoms. The third kappa shape index (κ3) is 1.67. The van der Waals surface area contributed by atoms with Crippen LogP contribution in [0.1, 0.15) is 39.0 Å². The third-order valence-electron chi connectivity index (χ3n) is 4.45. The van der Waals surface area contributed by atoms with E-state index in [2.05, 4.69) is 6.92 Å². The Morgan fingerprint density at radius 3 is 2.47 bits per heavy atom. The van der Waals surface area contributed by atoms with Crippen LogP contribution >= 0.6 is 0 Å². The summed E-state index contributed by atoms with van der Waals surface area (Å²) >= 11 is 0. The van der Waals surface area contributed by atoms with E-state index in [9.17, 15) is 9.90 Å². The normalized spacial score (nSPS) is 38.1. The second-order valence-electron chi connectivity index (χ2n) is 5.03. The summed E-state index contributed by atoms with van der Waals surface area (Å²) in [5.41, 5.74) is -0.441. The molecule has 2 unspecified atom stereocenters. The average molecular weight is 212 g/mol. The highest BCUT2D eigenvalue weighted by Crippen LogP contribution is 2.51. The molecule has 86 valence electrons. The van der Waals surface area contributed by atoms with E-state index in [0.717, 1.165) is 45.3 Å². The fourth-order valence-electron chi connectivity index (χ4n) is 3.52. The Kier molecular flexibility index (Phi) is 3.01. The maximum atomic E-state index is 11.6. The maximum absolute atomic E-state index is 11.6. The highest BCUT2D eigenvalue weighted by molar-refractivity contribution is 5.76.